The van der Waals surface area contributed by atoms with Gasteiger partial charge in [-0.3, -0.25) is 0 Å². The topological polar surface area (TPSA) is 83.8 Å². The molecule has 5 nitrogen and oxygen atoms in total. The molecule has 164 valence electrons. The summed E-state index contributed by atoms with van der Waals surface area (Å²) in [4.78, 5) is 0.925. The van der Waals surface area contributed by atoms with E-state index in [1.807, 2.05) is 75.4 Å². The van der Waals surface area contributed by atoms with Crippen molar-refractivity contribution >= 4 is 43.7 Å². The fourth-order valence-electron chi connectivity index (χ4n) is 3.16. The quantitative estimate of drug-likeness (QED) is 0.358. The molecule has 0 radical (unpaired) electrons. The smallest absolute Gasteiger partial charge is 0.187 e. The predicted molar refractivity (Wildman–Crippen MR) is 129 cm³/mol. The Bertz CT molecular complexity index is 1220. The molecular formula is C24H26O5S2. The van der Waals surface area contributed by atoms with Crippen molar-refractivity contribution in [2.24, 2.45) is 0 Å². The highest BCUT2D eigenvalue weighted by molar-refractivity contribution is 7.79. The molecule has 0 aromatic heterocycles. The number of fused-ring (bicyclic) bond motifs is 2. The molecule has 31 heavy (non-hydrogen) atoms. The van der Waals surface area contributed by atoms with E-state index >= 15 is 0 Å². The molecule has 4 rings (SSSR count). The lowest BCUT2D eigenvalue weighted by molar-refractivity contribution is 0.419. The summed E-state index contributed by atoms with van der Waals surface area (Å²) >= 11 is -3.88. The van der Waals surface area contributed by atoms with Crippen LogP contribution < -0.4 is 4.74 Å². The fourth-order valence-corrected chi connectivity index (χ4v) is 4.43. The first-order chi connectivity index (χ1) is 14.9. The monoisotopic (exact) mass is 458 g/mol. The fraction of sp³-hybridized carbons (Fsp3) is 0.167. The summed E-state index contributed by atoms with van der Waals surface area (Å²) in [5.41, 5.74) is 0.851. The van der Waals surface area contributed by atoms with Crippen molar-refractivity contribution in [1.82, 2.24) is 0 Å². The molecule has 0 saturated carbocycles. The number of ether oxygens (including phenoxy) is 1. The molecule has 0 bridgehead atoms. The highest BCUT2D eigenvalue weighted by Gasteiger charge is 2.10. The molecule has 2 atom stereocenters. The Hall–Kier alpha value is -2.58. The average molecular weight is 459 g/mol. The molecule has 2 unspecified atom stereocenters. The number of hydrogen-bond donors (Lipinski definition) is 2. The van der Waals surface area contributed by atoms with E-state index in [4.69, 9.17) is 9.29 Å². The van der Waals surface area contributed by atoms with Gasteiger partial charge in [-0.05, 0) is 30.0 Å². The summed E-state index contributed by atoms with van der Waals surface area (Å²) in [7, 11) is 1.58. The van der Waals surface area contributed by atoms with Crippen LogP contribution in [0.4, 0.5) is 0 Å². The van der Waals surface area contributed by atoms with Gasteiger partial charge in [0.25, 0.3) is 0 Å². The van der Waals surface area contributed by atoms with Gasteiger partial charge in [-0.1, -0.05) is 74.5 Å². The van der Waals surface area contributed by atoms with Crippen molar-refractivity contribution in [1.29, 1.82) is 0 Å². The minimum absolute atomic E-state index is 0.409. The summed E-state index contributed by atoms with van der Waals surface area (Å²) < 4.78 is 45.7. The minimum Gasteiger partial charge on any atom is -0.496 e. The van der Waals surface area contributed by atoms with Crippen molar-refractivity contribution < 1.29 is 22.3 Å². The van der Waals surface area contributed by atoms with Crippen LogP contribution in [0.5, 0.6) is 5.75 Å². The highest BCUT2D eigenvalue weighted by atomic mass is 32.2. The third kappa shape index (κ3) is 5.77. The maximum atomic E-state index is 11.1. The number of methoxy groups -OCH3 is 1. The highest BCUT2D eigenvalue weighted by Crippen LogP contribution is 2.29. The molecule has 0 aliphatic heterocycles. The summed E-state index contributed by atoms with van der Waals surface area (Å²) in [5, 5.41) is 3.45. The first kappa shape index (κ1) is 24.7. The van der Waals surface area contributed by atoms with E-state index in [-0.39, 0.29) is 0 Å². The number of rotatable bonds is 3. The zero-order valence-electron chi connectivity index (χ0n) is 17.9. The van der Waals surface area contributed by atoms with Gasteiger partial charge in [0.05, 0.1) is 16.9 Å². The van der Waals surface area contributed by atoms with Crippen LogP contribution in [0.2, 0.25) is 0 Å². The Balaban J connectivity index is 0.000000204. The summed E-state index contributed by atoms with van der Waals surface area (Å²) in [5.74, 6) is 0.708. The van der Waals surface area contributed by atoms with Gasteiger partial charge in [-0.25, -0.2) is 8.42 Å². The molecule has 0 amide bonds. The molecule has 7 heteroatoms. The van der Waals surface area contributed by atoms with E-state index in [1.165, 1.54) is 0 Å². The third-order valence-corrected chi connectivity index (χ3v) is 6.13. The van der Waals surface area contributed by atoms with E-state index in [2.05, 4.69) is 0 Å². The summed E-state index contributed by atoms with van der Waals surface area (Å²) in [6.07, 6.45) is 0. The second-order valence-corrected chi connectivity index (χ2v) is 8.09. The molecule has 2 N–H and O–H groups in total. The maximum Gasteiger partial charge on any atom is 0.187 e. The number of hydrogen-bond acceptors (Lipinski definition) is 3. The molecule has 0 saturated heterocycles. The standard InChI is InChI=1S/C11H10O3S.C11H10O2S.C2H6/c1-14-10-6-7-11(15(12)13)9-5-3-2-4-8(9)10;1-8-6-7-9-4-2-3-5-10(9)11(8)14(12)13;1-2/h2-7H,1H3,(H,12,13);2-7H,1H3,(H,12,13);1-2H3. The van der Waals surface area contributed by atoms with Crippen LogP contribution in [0.3, 0.4) is 0 Å². The Kier molecular flexibility index (Phi) is 9.33. The summed E-state index contributed by atoms with van der Waals surface area (Å²) in [6, 6.07) is 22.1. The third-order valence-electron chi connectivity index (χ3n) is 4.50. The summed E-state index contributed by atoms with van der Waals surface area (Å²) in [6.45, 7) is 5.84. The zero-order valence-corrected chi connectivity index (χ0v) is 19.5. The Labute approximate surface area is 187 Å². The molecule has 0 heterocycles. The normalized spacial score (nSPS) is 12.2. The lowest BCUT2D eigenvalue weighted by Crippen LogP contribution is -1.93. The Morgan fingerprint density at radius 1 is 0.710 bits per heavy atom. The van der Waals surface area contributed by atoms with Crippen LogP contribution in [-0.2, 0) is 22.2 Å². The van der Waals surface area contributed by atoms with Gasteiger partial charge in [0.15, 0.2) is 22.2 Å². The van der Waals surface area contributed by atoms with Crippen molar-refractivity contribution in [3.8, 4) is 5.75 Å². The van der Waals surface area contributed by atoms with Crippen LogP contribution in [0.15, 0.2) is 82.6 Å². The minimum atomic E-state index is -1.97. The van der Waals surface area contributed by atoms with Gasteiger partial charge < -0.3 is 13.8 Å². The van der Waals surface area contributed by atoms with Gasteiger partial charge in [0, 0.05) is 16.2 Å². The molecule has 0 spiro atoms. The van der Waals surface area contributed by atoms with Crippen LogP contribution in [0, 0.1) is 6.92 Å². The van der Waals surface area contributed by atoms with Gasteiger partial charge in [0.2, 0.25) is 0 Å². The predicted octanol–water partition coefficient (Wildman–Crippen LogP) is 6.18. The lowest BCUT2D eigenvalue weighted by Gasteiger charge is -2.07. The Morgan fingerprint density at radius 2 is 1.29 bits per heavy atom. The SMILES string of the molecule is CC.COc1ccc(S(=O)O)c2ccccc12.Cc1ccc2ccccc2c1S(=O)O. The first-order valence-electron chi connectivity index (χ1n) is 9.70. The molecule has 0 aliphatic rings. The van der Waals surface area contributed by atoms with E-state index < -0.39 is 22.2 Å². The van der Waals surface area contributed by atoms with Crippen LogP contribution >= 0.6 is 0 Å². The Morgan fingerprint density at radius 3 is 1.87 bits per heavy atom. The molecule has 4 aromatic rings. The van der Waals surface area contributed by atoms with E-state index in [9.17, 15) is 13.0 Å². The number of aryl methyl sites for hydroxylation is 1. The van der Waals surface area contributed by atoms with E-state index in [0.29, 0.717) is 15.5 Å². The largest absolute Gasteiger partial charge is 0.496 e. The van der Waals surface area contributed by atoms with Crippen molar-refractivity contribution in [3.05, 3.63) is 78.4 Å². The number of benzene rings is 4. The second kappa shape index (κ2) is 11.7. The molecule has 0 aliphatic carbocycles. The second-order valence-electron chi connectivity index (χ2n) is 6.24. The van der Waals surface area contributed by atoms with E-state index in [1.54, 1.807) is 25.3 Å². The van der Waals surface area contributed by atoms with Gasteiger partial charge in [-0.15, -0.1) is 0 Å². The van der Waals surface area contributed by atoms with Crippen LogP contribution in [0.1, 0.15) is 19.4 Å². The first-order valence-corrected chi connectivity index (χ1v) is 11.9. The van der Waals surface area contributed by atoms with Crippen LogP contribution in [-0.4, -0.2) is 24.6 Å². The lowest BCUT2D eigenvalue weighted by atomic mass is 10.1. The van der Waals surface area contributed by atoms with Crippen molar-refractivity contribution in [2.75, 3.05) is 7.11 Å². The zero-order chi connectivity index (χ0) is 23.0. The van der Waals surface area contributed by atoms with Crippen molar-refractivity contribution in [3.63, 3.8) is 0 Å². The molecule has 0 fully saturated rings. The maximum absolute atomic E-state index is 11.1. The average Bonchev–Trinajstić information content (AvgIpc) is 2.79. The van der Waals surface area contributed by atoms with Gasteiger partial charge in [0.1, 0.15) is 5.75 Å². The molecular weight excluding hydrogens is 432 g/mol. The molecule has 4 aromatic carbocycles. The van der Waals surface area contributed by atoms with Crippen molar-refractivity contribution in [2.45, 2.75) is 30.6 Å². The van der Waals surface area contributed by atoms with Gasteiger partial charge >= 0.3 is 0 Å². The van der Waals surface area contributed by atoms with E-state index in [0.717, 1.165) is 27.1 Å². The van der Waals surface area contributed by atoms with Crippen LogP contribution in [0.25, 0.3) is 21.5 Å². The van der Waals surface area contributed by atoms with Gasteiger partial charge in [-0.2, -0.15) is 0 Å².